The lowest BCUT2D eigenvalue weighted by Gasteiger charge is -2.36. The van der Waals surface area contributed by atoms with Gasteiger partial charge in [0.15, 0.2) is 0 Å². The van der Waals surface area contributed by atoms with Crippen LogP contribution in [0.3, 0.4) is 0 Å². The highest BCUT2D eigenvalue weighted by molar-refractivity contribution is 6.00. The van der Waals surface area contributed by atoms with E-state index in [9.17, 15) is 14.7 Å². The molecule has 0 unspecified atom stereocenters. The number of likely N-dealkylation sites (tertiary alicyclic amines) is 1. The fraction of sp³-hybridized carbons (Fsp3) is 0.478. The molecule has 30 heavy (non-hydrogen) atoms. The zero-order valence-corrected chi connectivity index (χ0v) is 17.3. The largest absolute Gasteiger partial charge is 0.507 e. The third-order valence-electron chi connectivity index (χ3n) is 6.09. The lowest BCUT2D eigenvalue weighted by Crippen LogP contribution is -2.48. The van der Waals surface area contributed by atoms with Crippen molar-refractivity contribution in [2.75, 3.05) is 46.5 Å². The van der Waals surface area contributed by atoms with E-state index in [1.165, 1.54) is 7.11 Å². The van der Waals surface area contributed by atoms with Gasteiger partial charge in [0.05, 0.1) is 26.2 Å². The van der Waals surface area contributed by atoms with Gasteiger partial charge in [0.2, 0.25) is 5.91 Å². The predicted molar refractivity (Wildman–Crippen MR) is 112 cm³/mol. The zero-order valence-electron chi connectivity index (χ0n) is 17.3. The number of phenols is 1. The Labute approximate surface area is 176 Å². The fourth-order valence-electron chi connectivity index (χ4n) is 4.50. The Bertz CT molecular complexity index is 939. The Morgan fingerprint density at radius 1 is 1.20 bits per heavy atom. The van der Waals surface area contributed by atoms with E-state index >= 15 is 0 Å². The number of carbonyl (C=O) groups excluding carboxylic acids is 2. The van der Waals surface area contributed by atoms with E-state index < -0.39 is 5.97 Å². The third kappa shape index (κ3) is 4.13. The average Bonchev–Trinajstić information content (AvgIpc) is 2.80. The number of nitrogens with zero attached hydrogens (tertiary/aromatic N) is 2. The molecule has 2 fully saturated rings. The molecule has 1 amide bonds. The molecular weight excluding hydrogens is 384 g/mol. The maximum Gasteiger partial charge on any atom is 0.341 e. The quantitative estimate of drug-likeness (QED) is 0.777. The summed E-state index contributed by atoms with van der Waals surface area (Å²) in [5.41, 5.74) is 0.872. The molecule has 0 aliphatic carbocycles. The number of fused-ring (bicyclic) bond motifs is 1. The Kier molecular flexibility index (Phi) is 6.20. The summed E-state index contributed by atoms with van der Waals surface area (Å²) < 4.78 is 10.2. The van der Waals surface area contributed by atoms with Gasteiger partial charge in [-0.3, -0.25) is 9.69 Å². The van der Waals surface area contributed by atoms with Crippen molar-refractivity contribution in [3.8, 4) is 5.75 Å². The second-order valence-electron chi connectivity index (χ2n) is 7.98. The summed E-state index contributed by atoms with van der Waals surface area (Å²) in [7, 11) is 1.31. The molecule has 1 N–H and O–H groups in total. The molecule has 0 aromatic heterocycles. The summed E-state index contributed by atoms with van der Waals surface area (Å²) in [6, 6.07) is 9.37. The zero-order chi connectivity index (χ0) is 21.1. The number of methoxy groups -OCH3 is 1. The van der Waals surface area contributed by atoms with Gasteiger partial charge < -0.3 is 19.5 Å². The van der Waals surface area contributed by atoms with Gasteiger partial charge >= 0.3 is 5.97 Å². The van der Waals surface area contributed by atoms with Crippen molar-refractivity contribution in [2.45, 2.75) is 19.4 Å². The van der Waals surface area contributed by atoms with Crippen LogP contribution in [-0.4, -0.2) is 73.3 Å². The van der Waals surface area contributed by atoms with Gasteiger partial charge in [-0.2, -0.15) is 0 Å². The minimum atomic E-state index is -0.557. The highest BCUT2D eigenvalue weighted by Crippen LogP contribution is 2.34. The summed E-state index contributed by atoms with van der Waals surface area (Å²) in [5, 5.41) is 12.7. The summed E-state index contributed by atoms with van der Waals surface area (Å²) >= 11 is 0. The molecule has 7 heteroatoms. The molecule has 7 nitrogen and oxygen atoms in total. The van der Waals surface area contributed by atoms with Crippen LogP contribution in [0.15, 0.2) is 30.3 Å². The van der Waals surface area contributed by atoms with Crippen LogP contribution in [0, 0.1) is 5.92 Å². The molecule has 0 spiro atoms. The highest BCUT2D eigenvalue weighted by atomic mass is 16.5. The van der Waals surface area contributed by atoms with Crippen LogP contribution < -0.4 is 0 Å². The van der Waals surface area contributed by atoms with Gasteiger partial charge in [-0.1, -0.05) is 24.3 Å². The van der Waals surface area contributed by atoms with Crippen LogP contribution in [-0.2, 0) is 20.8 Å². The van der Waals surface area contributed by atoms with Crippen molar-refractivity contribution in [2.24, 2.45) is 5.92 Å². The maximum atomic E-state index is 12.9. The smallest absolute Gasteiger partial charge is 0.341 e. The predicted octanol–water partition coefficient (Wildman–Crippen LogP) is 2.40. The number of ether oxygens (including phenoxy) is 2. The Hall–Kier alpha value is -2.64. The van der Waals surface area contributed by atoms with Crippen molar-refractivity contribution in [3.05, 3.63) is 41.5 Å². The number of carbonyl (C=O) groups is 2. The summed E-state index contributed by atoms with van der Waals surface area (Å²) in [5.74, 6) is -0.449. The second kappa shape index (κ2) is 9.02. The molecule has 2 heterocycles. The number of hydrogen-bond acceptors (Lipinski definition) is 6. The number of benzene rings is 2. The monoisotopic (exact) mass is 412 g/mol. The van der Waals surface area contributed by atoms with Crippen LogP contribution in [0.1, 0.15) is 28.8 Å². The lowest BCUT2D eigenvalue weighted by atomic mass is 9.94. The van der Waals surface area contributed by atoms with E-state index in [0.717, 1.165) is 30.2 Å². The summed E-state index contributed by atoms with van der Waals surface area (Å²) in [6.07, 6.45) is 1.80. The van der Waals surface area contributed by atoms with Crippen LogP contribution in [0.25, 0.3) is 10.8 Å². The van der Waals surface area contributed by atoms with Crippen molar-refractivity contribution in [1.82, 2.24) is 9.80 Å². The number of amides is 1. The maximum absolute atomic E-state index is 12.9. The number of esters is 1. The van der Waals surface area contributed by atoms with E-state index in [1.54, 1.807) is 6.07 Å². The van der Waals surface area contributed by atoms with Crippen molar-refractivity contribution in [3.63, 3.8) is 0 Å². The average molecular weight is 412 g/mol. The summed E-state index contributed by atoms with van der Waals surface area (Å²) in [6.45, 7) is 4.48. The van der Waals surface area contributed by atoms with Crippen LogP contribution >= 0.6 is 0 Å². The first-order valence-electron chi connectivity index (χ1n) is 10.5. The third-order valence-corrected chi connectivity index (χ3v) is 6.09. The first kappa shape index (κ1) is 20.6. The van der Waals surface area contributed by atoms with E-state index in [0.29, 0.717) is 45.0 Å². The SMILES string of the molecule is COC(=O)c1cc2ccccc2c(CN2CCC[C@H](C(=O)N3CCOCC3)C2)c1O. The molecule has 2 aliphatic rings. The molecule has 160 valence electrons. The van der Waals surface area contributed by atoms with Crippen molar-refractivity contribution < 1.29 is 24.2 Å². The van der Waals surface area contributed by atoms with Crippen LogP contribution in [0.5, 0.6) is 5.75 Å². The van der Waals surface area contributed by atoms with Gasteiger partial charge in [0.1, 0.15) is 11.3 Å². The minimum Gasteiger partial charge on any atom is -0.507 e. The van der Waals surface area contributed by atoms with E-state index in [-0.39, 0.29) is 23.1 Å². The molecule has 0 radical (unpaired) electrons. The molecule has 4 rings (SSSR count). The Morgan fingerprint density at radius 3 is 2.73 bits per heavy atom. The van der Waals surface area contributed by atoms with Crippen LogP contribution in [0.2, 0.25) is 0 Å². The first-order chi connectivity index (χ1) is 14.6. The van der Waals surface area contributed by atoms with E-state index in [4.69, 9.17) is 9.47 Å². The van der Waals surface area contributed by atoms with Gasteiger partial charge in [-0.15, -0.1) is 0 Å². The molecule has 1 atom stereocenters. The summed E-state index contributed by atoms with van der Waals surface area (Å²) in [4.78, 5) is 29.2. The lowest BCUT2D eigenvalue weighted by molar-refractivity contribution is -0.141. The second-order valence-corrected chi connectivity index (χ2v) is 7.98. The Balaban J connectivity index is 1.58. The van der Waals surface area contributed by atoms with Gasteiger partial charge in [-0.05, 0) is 36.2 Å². The standard InChI is InChI=1S/C23H28N2O5/c1-29-23(28)19-13-16-5-2-3-7-18(16)20(21(19)26)15-24-8-4-6-17(14-24)22(27)25-9-11-30-12-10-25/h2-3,5,7,13,17,26H,4,6,8-12,14-15H2,1H3/t17-/m0/s1. The van der Waals surface area contributed by atoms with E-state index in [2.05, 4.69) is 4.90 Å². The van der Waals surface area contributed by atoms with Gasteiger partial charge in [-0.25, -0.2) is 4.79 Å². The number of aromatic hydroxyl groups is 1. The molecule has 0 saturated carbocycles. The number of piperidine rings is 1. The molecule has 0 bridgehead atoms. The van der Waals surface area contributed by atoms with Gasteiger partial charge in [0, 0.05) is 31.7 Å². The molecule has 2 aromatic rings. The number of hydrogen-bond donors (Lipinski definition) is 1. The first-order valence-corrected chi connectivity index (χ1v) is 10.5. The Morgan fingerprint density at radius 2 is 1.97 bits per heavy atom. The highest BCUT2D eigenvalue weighted by Gasteiger charge is 2.31. The number of phenolic OH excluding ortho intramolecular Hbond substituents is 1. The minimum absolute atomic E-state index is 0.0396. The number of morpholine rings is 1. The van der Waals surface area contributed by atoms with Crippen LogP contribution in [0.4, 0.5) is 0 Å². The number of rotatable bonds is 4. The normalized spacial score (nSPS) is 20.3. The van der Waals surface area contributed by atoms with Gasteiger partial charge in [0.25, 0.3) is 0 Å². The van der Waals surface area contributed by atoms with E-state index in [1.807, 2.05) is 29.2 Å². The van der Waals surface area contributed by atoms with Crippen molar-refractivity contribution >= 4 is 22.6 Å². The molecule has 2 aromatic carbocycles. The fourth-order valence-corrected chi connectivity index (χ4v) is 4.50. The molecule has 2 saturated heterocycles. The van der Waals surface area contributed by atoms with Crippen molar-refractivity contribution in [1.29, 1.82) is 0 Å². The molecule has 2 aliphatic heterocycles. The molecular formula is C23H28N2O5. The topological polar surface area (TPSA) is 79.3 Å².